The molecule has 0 amide bonds. The fourth-order valence-electron chi connectivity index (χ4n) is 3.12. The minimum absolute atomic E-state index is 0.0368. The van der Waals surface area contributed by atoms with E-state index in [0.29, 0.717) is 0 Å². The van der Waals surface area contributed by atoms with Crippen LogP contribution < -0.4 is 0 Å². The predicted molar refractivity (Wildman–Crippen MR) is 68.5 cm³/mol. The Morgan fingerprint density at radius 1 is 1.39 bits per heavy atom. The monoisotopic (exact) mass is 245 g/mol. The van der Waals surface area contributed by atoms with E-state index in [1.807, 2.05) is 13.0 Å². The molecular weight excluding hydrogens is 226 g/mol. The highest BCUT2D eigenvalue weighted by Gasteiger charge is 2.36. The van der Waals surface area contributed by atoms with Gasteiger partial charge in [0.2, 0.25) is 0 Å². The predicted octanol–water partition coefficient (Wildman–Crippen LogP) is 2.64. The molecule has 0 spiro atoms. The number of hydrogen-bond donors (Lipinski definition) is 0. The summed E-state index contributed by atoms with van der Waals surface area (Å²) in [7, 11) is 0. The smallest absolute Gasteiger partial charge is 0.170 e. The second kappa shape index (κ2) is 4.81. The van der Waals surface area contributed by atoms with Crippen LogP contribution in [0, 0.1) is 0 Å². The summed E-state index contributed by atoms with van der Waals surface area (Å²) in [6.45, 7) is 2.04. The molecule has 1 saturated heterocycles. The van der Waals surface area contributed by atoms with Crippen LogP contribution in [0.1, 0.15) is 49.8 Å². The van der Waals surface area contributed by atoms with Gasteiger partial charge in [-0.1, -0.05) is 6.07 Å². The van der Waals surface area contributed by atoms with Crippen LogP contribution >= 0.6 is 0 Å². The molecule has 18 heavy (non-hydrogen) atoms. The number of ketones is 1. The lowest BCUT2D eigenvalue weighted by molar-refractivity contribution is -0.131. The van der Waals surface area contributed by atoms with Gasteiger partial charge in [-0.05, 0) is 50.7 Å². The summed E-state index contributed by atoms with van der Waals surface area (Å²) in [6.07, 6.45) is 6.76. The number of carbonyl (C=O) groups excluding carboxylic acids is 1. The van der Waals surface area contributed by atoms with E-state index in [0.717, 1.165) is 37.8 Å². The second-order valence-corrected chi connectivity index (χ2v) is 5.41. The summed E-state index contributed by atoms with van der Waals surface area (Å²) >= 11 is 0. The molecule has 3 unspecified atom stereocenters. The molecule has 96 valence electrons. The zero-order valence-electron chi connectivity index (χ0n) is 10.8. The van der Waals surface area contributed by atoms with Crippen LogP contribution in [0.2, 0.25) is 0 Å². The maximum Gasteiger partial charge on any atom is 0.170 e. The number of rotatable bonds is 2. The molecule has 3 heteroatoms. The van der Waals surface area contributed by atoms with Crippen molar-refractivity contribution in [1.29, 1.82) is 0 Å². The summed E-state index contributed by atoms with van der Waals surface area (Å²) in [6, 6.07) is 4.06. The van der Waals surface area contributed by atoms with Crippen LogP contribution in [0.4, 0.5) is 0 Å². The minimum Gasteiger partial charge on any atom is -0.367 e. The van der Waals surface area contributed by atoms with Gasteiger partial charge in [0.05, 0.1) is 17.7 Å². The fraction of sp³-hybridized carbons (Fsp3) is 0.600. The van der Waals surface area contributed by atoms with E-state index in [1.165, 1.54) is 5.56 Å². The quantitative estimate of drug-likeness (QED) is 0.804. The van der Waals surface area contributed by atoms with Gasteiger partial charge in [0.15, 0.2) is 5.78 Å². The van der Waals surface area contributed by atoms with E-state index >= 15 is 0 Å². The molecule has 3 nitrogen and oxygen atoms in total. The first kappa shape index (κ1) is 11.8. The molecule has 1 fully saturated rings. The van der Waals surface area contributed by atoms with Gasteiger partial charge in [-0.3, -0.25) is 9.78 Å². The van der Waals surface area contributed by atoms with Gasteiger partial charge in [0, 0.05) is 6.20 Å². The summed E-state index contributed by atoms with van der Waals surface area (Å²) in [5.41, 5.74) is 2.24. The van der Waals surface area contributed by atoms with E-state index in [2.05, 4.69) is 11.1 Å². The lowest BCUT2D eigenvalue weighted by Gasteiger charge is -2.25. The Hall–Kier alpha value is -1.22. The van der Waals surface area contributed by atoms with Crippen molar-refractivity contribution in [2.45, 2.75) is 57.2 Å². The van der Waals surface area contributed by atoms with E-state index in [1.54, 1.807) is 6.20 Å². The van der Waals surface area contributed by atoms with Crippen molar-refractivity contribution >= 4 is 5.78 Å². The van der Waals surface area contributed by atoms with Gasteiger partial charge in [-0.25, -0.2) is 0 Å². The van der Waals surface area contributed by atoms with E-state index in [4.69, 9.17) is 4.74 Å². The number of nitrogens with zero attached hydrogens (tertiary/aromatic N) is 1. The highest BCUT2D eigenvalue weighted by atomic mass is 16.5. The number of Topliss-reactive ketones (excluding diaryl/α,β-unsaturated/α-hetero) is 1. The van der Waals surface area contributed by atoms with E-state index < -0.39 is 0 Å². The Bertz CT molecular complexity index is 458. The standard InChI is InChI=1S/C15H19NO2/c1-10-7-8-13(18-10)15(17)12-6-2-4-11-5-3-9-16-14(11)12/h3,5,9-10,12-13H,2,4,6-8H2,1H3. The molecule has 0 bridgehead atoms. The Morgan fingerprint density at radius 3 is 3.06 bits per heavy atom. The first-order valence-electron chi connectivity index (χ1n) is 6.88. The van der Waals surface area contributed by atoms with Gasteiger partial charge in [-0.2, -0.15) is 0 Å². The molecule has 1 aliphatic carbocycles. The normalized spacial score (nSPS) is 31.1. The van der Waals surface area contributed by atoms with Crippen molar-refractivity contribution < 1.29 is 9.53 Å². The van der Waals surface area contributed by atoms with Crippen molar-refractivity contribution in [3.8, 4) is 0 Å². The molecule has 0 N–H and O–H groups in total. The first-order valence-corrected chi connectivity index (χ1v) is 6.88. The Labute approximate surface area is 108 Å². The lowest BCUT2D eigenvalue weighted by Crippen LogP contribution is -2.30. The van der Waals surface area contributed by atoms with Gasteiger partial charge < -0.3 is 4.74 Å². The Balaban J connectivity index is 1.83. The fourth-order valence-corrected chi connectivity index (χ4v) is 3.12. The zero-order valence-corrected chi connectivity index (χ0v) is 10.8. The Kier molecular flexibility index (Phi) is 3.16. The molecule has 2 aliphatic rings. The Morgan fingerprint density at radius 2 is 2.28 bits per heavy atom. The van der Waals surface area contributed by atoms with E-state index in [9.17, 15) is 4.79 Å². The summed E-state index contributed by atoms with van der Waals surface area (Å²) in [4.78, 5) is 17.0. The van der Waals surface area contributed by atoms with Crippen LogP contribution in [-0.2, 0) is 16.0 Å². The number of aryl methyl sites for hydroxylation is 1. The maximum atomic E-state index is 12.5. The maximum absolute atomic E-state index is 12.5. The van der Waals surface area contributed by atoms with Crippen molar-refractivity contribution in [3.05, 3.63) is 29.6 Å². The molecule has 1 aromatic heterocycles. The molecule has 1 aromatic rings. The highest BCUT2D eigenvalue weighted by molar-refractivity contribution is 5.90. The van der Waals surface area contributed by atoms with E-state index in [-0.39, 0.29) is 23.9 Å². The van der Waals surface area contributed by atoms with Crippen LogP contribution in [0.3, 0.4) is 0 Å². The number of fused-ring (bicyclic) bond motifs is 1. The highest BCUT2D eigenvalue weighted by Crippen LogP contribution is 2.34. The topological polar surface area (TPSA) is 39.2 Å². The lowest BCUT2D eigenvalue weighted by atomic mass is 9.82. The molecular formula is C15H19NO2. The van der Waals surface area contributed by atoms with Crippen LogP contribution in [-0.4, -0.2) is 23.0 Å². The molecule has 0 saturated carbocycles. The summed E-state index contributed by atoms with van der Waals surface area (Å²) < 4.78 is 5.71. The molecule has 1 aliphatic heterocycles. The average molecular weight is 245 g/mol. The number of hydrogen-bond acceptors (Lipinski definition) is 3. The van der Waals surface area contributed by atoms with Gasteiger partial charge in [-0.15, -0.1) is 0 Å². The van der Waals surface area contributed by atoms with Crippen LogP contribution in [0.5, 0.6) is 0 Å². The van der Waals surface area contributed by atoms with Gasteiger partial charge in [0.25, 0.3) is 0 Å². The molecule has 3 atom stereocenters. The molecule has 3 rings (SSSR count). The SMILES string of the molecule is CC1CCC(C(=O)C2CCCc3cccnc32)O1. The van der Waals surface area contributed by atoms with Crippen molar-refractivity contribution in [3.63, 3.8) is 0 Å². The molecule has 0 aromatic carbocycles. The van der Waals surface area contributed by atoms with Gasteiger partial charge >= 0.3 is 0 Å². The average Bonchev–Trinajstić information content (AvgIpc) is 2.84. The third-order valence-corrected chi connectivity index (χ3v) is 4.09. The second-order valence-electron chi connectivity index (χ2n) is 5.41. The van der Waals surface area contributed by atoms with Crippen LogP contribution in [0.25, 0.3) is 0 Å². The molecule has 2 heterocycles. The number of carbonyl (C=O) groups is 1. The number of ether oxygens (including phenoxy) is 1. The van der Waals surface area contributed by atoms with Gasteiger partial charge in [0.1, 0.15) is 6.10 Å². The van der Waals surface area contributed by atoms with Crippen LogP contribution in [0.15, 0.2) is 18.3 Å². The third-order valence-electron chi connectivity index (χ3n) is 4.09. The van der Waals surface area contributed by atoms with Crippen molar-refractivity contribution in [2.24, 2.45) is 0 Å². The largest absolute Gasteiger partial charge is 0.367 e. The zero-order chi connectivity index (χ0) is 12.5. The summed E-state index contributed by atoms with van der Waals surface area (Å²) in [5, 5.41) is 0. The number of pyridine rings is 1. The third kappa shape index (κ3) is 2.07. The summed E-state index contributed by atoms with van der Waals surface area (Å²) in [5.74, 6) is 0.212. The first-order chi connectivity index (χ1) is 8.75. The minimum atomic E-state index is -0.196. The van der Waals surface area contributed by atoms with Crippen molar-refractivity contribution in [1.82, 2.24) is 4.98 Å². The number of aromatic nitrogens is 1. The van der Waals surface area contributed by atoms with Crippen molar-refractivity contribution in [2.75, 3.05) is 0 Å². The molecule has 0 radical (unpaired) electrons.